The summed E-state index contributed by atoms with van der Waals surface area (Å²) in [7, 11) is 0. The molecule has 0 atom stereocenters. The van der Waals surface area contributed by atoms with Crippen LogP contribution < -0.4 is 2.89 Å². The van der Waals surface area contributed by atoms with Crippen molar-refractivity contribution in [1.82, 2.24) is 4.90 Å². The number of amides is 2. The van der Waals surface area contributed by atoms with Gasteiger partial charge < -0.3 is 0 Å². The van der Waals surface area contributed by atoms with Gasteiger partial charge in [0.25, 0.3) is 0 Å². The number of unbranched alkanes of at least 4 members (excludes halogenated alkanes) is 3. The van der Waals surface area contributed by atoms with Gasteiger partial charge in [0, 0.05) is 0 Å². The van der Waals surface area contributed by atoms with Crippen molar-refractivity contribution in [3.8, 4) is 0 Å². The Bertz CT molecular complexity index is 530. The molecule has 0 N–H and O–H groups in total. The molecule has 0 bridgehead atoms. The van der Waals surface area contributed by atoms with Gasteiger partial charge in [-0.25, -0.2) is 0 Å². The molecule has 1 aliphatic rings. The zero-order chi connectivity index (χ0) is 14.9. The van der Waals surface area contributed by atoms with Crippen LogP contribution in [0.5, 0.6) is 0 Å². The normalized spacial score (nSPS) is 15.1. The van der Waals surface area contributed by atoms with Crippen molar-refractivity contribution in [2.45, 2.75) is 47.4 Å². The molecule has 0 fully saturated rings. The first-order valence-electron chi connectivity index (χ1n) is 7.36. The number of nitrogens with zero attached hydrogens (tertiary/aromatic N) is 1. The number of carbonyl (C=O) groups is 2. The van der Waals surface area contributed by atoms with Crippen molar-refractivity contribution >= 4 is 44.4 Å². The molecule has 3 nitrogen and oxygen atoms in total. The van der Waals surface area contributed by atoms with E-state index in [1.54, 1.807) is 11.3 Å². The van der Waals surface area contributed by atoms with E-state index in [4.69, 9.17) is 0 Å². The number of hydrogen-bond donors (Lipinski definition) is 0. The molecule has 0 saturated heterocycles. The average Bonchev–Trinajstić information content (AvgIpc) is 2.89. The van der Waals surface area contributed by atoms with E-state index in [1.165, 1.54) is 14.2 Å². The SMILES string of the molecule is CCCCCCN1C(=O)c2cs[c]([Sn]([CH3])([CH3])[CH3])c2C1=O. The van der Waals surface area contributed by atoms with E-state index in [0.29, 0.717) is 12.1 Å². The maximum absolute atomic E-state index is 12.5. The molecule has 2 rings (SSSR count). The molecule has 2 heterocycles. The van der Waals surface area contributed by atoms with Crippen LogP contribution in [0.3, 0.4) is 0 Å². The van der Waals surface area contributed by atoms with Crippen LogP contribution in [-0.2, 0) is 0 Å². The second-order valence-electron chi connectivity index (χ2n) is 6.43. The number of imide groups is 1. The molecule has 1 aromatic heterocycles. The molecule has 0 unspecified atom stereocenters. The Kier molecular flexibility index (Phi) is 4.95. The van der Waals surface area contributed by atoms with Crippen LogP contribution in [0, 0.1) is 0 Å². The first kappa shape index (κ1) is 16.0. The van der Waals surface area contributed by atoms with Gasteiger partial charge in [0.05, 0.1) is 0 Å². The van der Waals surface area contributed by atoms with Gasteiger partial charge in [0.1, 0.15) is 0 Å². The second-order valence-corrected chi connectivity index (χ2v) is 22.6. The van der Waals surface area contributed by atoms with Crippen LogP contribution >= 0.6 is 11.3 Å². The zero-order valence-electron chi connectivity index (χ0n) is 12.8. The van der Waals surface area contributed by atoms with E-state index in [0.717, 1.165) is 24.8 Å². The van der Waals surface area contributed by atoms with E-state index < -0.39 is 18.4 Å². The molecule has 0 aromatic carbocycles. The quantitative estimate of drug-likeness (QED) is 0.417. The molecule has 0 radical (unpaired) electrons. The number of carbonyl (C=O) groups excluding carboxylic acids is 2. The number of fused-ring (bicyclic) bond motifs is 1. The predicted molar refractivity (Wildman–Crippen MR) is 86.8 cm³/mol. The minimum absolute atomic E-state index is 0.0376. The molecular formula is C15H23NO2SSn. The van der Waals surface area contributed by atoms with Gasteiger partial charge in [-0.2, -0.15) is 0 Å². The van der Waals surface area contributed by atoms with Crippen LogP contribution in [0.4, 0.5) is 0 Å². The second kappa shape index (κ2) is 6.18. The van der Waals surface area contributed by atoms with E-state index in [2.05, 4.69) is 21.7 Å². The van der Waals surface area contributed by atoms with Crippen molar-refractivity contribution in [3.63, 3.8) is 0 Å². The molecule has 1 aromatic rings. The maximum atomic E-state index is 12.5. The Morgan fingerprint density at radius 2 is 1.80 bits per heavy atom. The van der Waals surface area contributed by atoms with Crippen molar-refractivity contribution in [2.24, 2.45) is 0 Å². The van der Waals surface area contributed by atoms with E-state index in [-0.39, 0.29) is 11.8 Å². The molecule has 5 heteroatoms. The predicted octanol–water partition coefficient (Wildman–Crippen LogP) is 3.47. The Labute approximate surface area is 129 Å². The summed E-state index contributed by atoms with van der Waals surface area (Å²) in [6, 6.07) is 0. The zero-order valence-corrected chi connectivity index (χ0v) is 16.5. The fourth-order valence-corrected chi connectivity index (χ4v) is 10.0. The van der Waals surface area contributed by atoms with Gasteiger partial charge in [-0.05, 0) is 0 Å². The fourth-order valence-electron chi connectivity index (χ4n) is 2.55. The molecule has 0 aliphatic carbocycles. The minimum atomic E-state index is -2.32. The van der Waals surface area contributed by atoms with Crippen LogP contribution in [0.15, 0.2) is 5.38 Å². The van der Waals surface area contributed by atoms with E-state index in [1.807, 2.05) is 5.38 Å². The standard InChI is InChI=1S/C12H14NO2S.3CH3.Sn/c1-2-3-4-5-6-13-11(14)9-7-16-8-10(9)12(13)15;;;;/h7H,2-6H2,1H3;3*1H3;. The summed E-state index contributed by atoms with van der Waals surface area (Å²) in [5.74, 6) is -0.107. The molecule has 110 valence electrons. The Morgan fingerprint density at radius 3 is 2.40 bits per heavy atom. The summed E-state index contributed by atoms with van der Waals surface area (Å²) in [4.78, 5) is 33.2. The van der Waals surface area contributed by atoms with E-state index >= 15 is 0 Å². The summed E-state index contributed by atoms with van der Waals surface area (Å²) in [6.07, 6.45) is 4.34. The molecule has 1 aliphatic heterocycles. The Morgan fingerprint density at radius 1 is 1.10 bits per heavy atom. The summed E-state index contributed by atoms with van der Waals surface area (Å²) in [5, 5.41) is 1.90. The fraction of sp³-hybridized carbons (Fsp3) is 0.600. The summed E-state index contributed by atoms with van der Waals surface area (Å²) < 4.78 is 1.24. The van der Waals surface area contributed by atoms with Gasteiger partial charge in [-0.15, -0.1) is 0 Å². The van der Waals surface area contributed by atoms with Gasteiger partial charge >= 0.3 is 129 Å². The number of thiophene rings is 1. The molecule has 2 amide bonds. The van der Waals surface area contributed by atoms with Crippen LogP contribution in [0.2, 0.25) is 14.8 Å². The van der Waals surface area contributed by atoms with Gasteiger partial charge in [-0.3, -0.25) is 0 Å². The third-order valence-corrected chi connectivity index (χ3v) is 14.2. The van der Waals surface area contributed by atoms with Crippen molar-refractivity contribution in [3.05, 3.63) is 16.5 Å². The van der Waals surface area contributed by atoms with Gasteiger partial charge in [0.2, 0.25) is 0 Å². The van der Waals surface area contributed by atoms with Gasteiger partial charge in [-0.1, -0.05) is 0 Å². The number of hydrogen-bond acceptors (Lipinski definition) is 3. The summed E-state index contributed by atoms with van der Waals surface area (Å²) in [5.41, 5.74) is 1.41. The van der Waals surface area contributed by atoms with Crippen molar-refractivity contribution < 1.29 is 9.59 Å². The summed E-state index contributed by atoms with van der Waals surface area (Å²) in [6.45, 7) is 2.74. The first-order chi connectivity index (χ1) is 9.38. The molecule has 20 heavy (non-hydrogen) atoms. The van der Waals surface area contributed by atoms with Crippen LogP contribution in [0.1, 0.15) is 53.3 Å². The number of rotatable bonds is 6. The third-order valence-electron chi connectivity index (χ3n) is 3.64. The van der Waals surface area contributed by atoms with Crippen LogP contribution in [0.25, 0.3) is 0 Å². The van der Waals surface area contributed by atoms with Gasteiger partial charge in [0.15, 0.2) is 0 Å². The molecule has 0 saturated carbocycles. The van der Waals surface area contributed by atoms with Crippen LogP contribution in [-0.4, -0.2) is 41.6 Å². The van der Waals surface area contributed by atoms with E-state index in [9.17, 15) is 9.59 Å². The molecular weight excluding hydrogens is 377 g/mol. The molecule has 0 spiro atoms. The monoisotopic (exact) mass is 401 g/mol. The topological polar surface area (TPSA) is 37.4 Å². The van der Waals surface area contributed by atoms with Crippen molar-refractivity contribution in [2.75, 3.05) is 6.54 Å². The first-order valence-corrected chi connectivity index (χ1v) is 18.2. The average molecular weight is 400 g/mol. The third kappa shape index (κ3) is 2.96. The summed E-state index contributed by atoms with van der Waals surface area (Å²) >= 11 is -0.693. The Balaban J connectivity index is 2.17. The Hall–Kier alpha value is -0.361. The van der Waals surface area contributed by atoms with Crippen molar-refractivity contribution in [1.29, 1.82) is 0 Å².